The average Bonchev–Trinajstić information content (AvgIpc) is 3.40. The minimum Gasteiger partial charge on any atom is -0.481 e. The molecule has 2 fully saturated rings. The van der Waals surface area contributed by atoms with Gasteiger partial charge in [-0.3, -0.25) is 9.59 Å². The molecule has 0 aromatic heterocycles. The van der Waals surface area contributed by atoms with Crippen LogP contribution in [0.2, 0.25) is 0 Å². The molecule has 1 aliphatic carbocycles. The highest BCUT2D eigenvalue weighted by atomic mass is 32.2. The summed E-state index contributed by atoms with van der Waals surface area (Å²) in [6, 6.07) is 4.98. The predicted octanol–water partition coefficient (Wildman–Crippen LogP) is 1.47. The number of aliphatic carboxylic acids is 1. The Morgan fingerprint density at radius 1 is 1.00 bits per heavy atom. The van der Waals surface area contributed by atoms with Gasteiger partial charge in [0.1, 0.15) is 0 Å². The van der Waals surface area contributed by atoms with E-state index in [4.69, 9.17) is 5.11 Å². The molecule has 0 atom stereocenters. The van der Waals surface area contributed by atoms with Crippen LogP contribution < -0.4 is 4.90 Å². The van der Waals surface area contributed by atoms with E-state index in [2.05, 4.69) is 0 Å². The standard InChI is InChI=1S/C18H22N2O5S/c21-17(12-1-2-12)20-10-7-14-11-15(3-4-16(14)20)26(24,25)19-8-5-13(6-9-19)18(22)23/h3-4,11-13H,1-2,5-10H2,(H,22,23). The first-order valence-electron chi connectivity index (χ1n) is 9.05. The lowest BCUT2D eigenvalue weighted by Gasteiger charge is -2.29. The molecule has 8 heteroatoms. The number of amides is 1. The number of hydrogen-bond donors (Lipinski definition) is 1. The molecular weight excluding hydrogens is 356 g/mol. The lowest BCUT2D eigenvalue weighted by molar-refractivity contribution is -0.142. The molecule has 4 rings (SSSR count). The molecule has 7 nitrogen and oxygen atoms in total. The van der Waals surface area contributed by atoms with E-state index in [9.17, 15) is 18.0 Å². The summed E-state index contributed by atoms with van der Waals surface area (Å²) in [6.07, 6.45) is 3.23. The summed E-state index contributed by atoms with van der Waals surface area (Å²) in [7, 11) is -3.64. The van der Waals surface area contributed by atoms with Crippen molar-refractivity contribution >= 4 is 27.6 Å². The molecule has 2 heterocycles. The van der Waals surface area contributed by atoms with Gasteiger partial charge in [0, 0.05) is 31.2 Å². The minimum atomic E-state index is -3.64. The minimum absolute atomic E-state index is 0.139. The summed E-state index contributed by atoms with van der Waals surface area (Å²) in [4.78, 5) is 25.4. The number of carboxylic acids is 1. The molecule has 26 heavy (non-hydrogen) atoms. The summed E-state index contributed by atoms with van der Waals surface area (Å²) in [5.41, 5.74) is 1.71. The van der Waals surface area contributed by atoms with Gasteiger partial charge in [-0.25, -0.2) is 8.42 Å². The van der Waals surface area contributed by atoms with Crippen LogP contribution >= 0.6 is 0 Å². The molecule has 1 amide bonds. The van der Waals surface area contributed by atoms with Crippen LogP contribution in [0.25, 0.3) is 0 Å². The first kappa shape index (κ1) is 17.5. The summed E-state index contributed by atoms with van der Waals surface area (Å²) < 4.78 is 27.2. The fraction of sp³-hybridized carbons (Fsp3) is 0.556. The van der Waals surface area contributed by atoms with Crippen LogP contribution in [0, 0.1) is 11.8 Å². The number of nitrogens with zero attached hydrogens (tertiary/aromatic N) is 2. The third-order valence-corrected chi connectivity index (χ3v) is 7.47. The van der Waals surface area contributed by atoms with Gasteiger partial charge in [0.25, 0.3) is 0 Å². The van der Waals surface area contributed by atoms with E-state index in [1.54, 1.807) is 23.1 Å². The van der Waals surface area contributed by atoms with E-state index < -0.39 is 21.9 Å². The van der Waals surface area contributed by atoms with E-state index in [1.165, 1.54) is 4.31 Å². The van der Waals surface area contributed by atoms with Crippen molar-refractivity contribution in [2.45, 2.75) is 37.0 Å². The molecular formula is C18H22N2O5S. The van der Waals surface area contributed by atoms with Crippen molar-refractivity contribution in [3.05, 3.63) is 23.8 Å². The van der Waals surface area contributed by atoms with E-state index >= 15 is 0 Å². The Morgan fingerprint density at radius 2 is 1.69 bits per heavy atom. The average molecular weight is 378 g/mol. The van der Waals surface area contributed by atoms with Crippen LogP contribution in [0.15, 0.2) is 23.1 Å². The number of carboxylic acid groups (broad SMARTS) is 1. The topological polar surface area (TPSA) is 95.0 Å². The fourth-order valence-corrected chi connectivity index (χ4v) is 5.33. The highest BCUT2D eigenvalue weighted by Crippen LogP contribution is 2.37. The number of anilines is 1. The van der Waals surface area contributed by atoms with Crippen LogP contribution in [-0.2, 0) is 26.0 Å². The quantitative estimate of drug-likeness (QED) is 0.856. The number of benzene rings is 1. The van der Waals surface area contributed by atoms with Gasteiger partial charge in [-0.1, -0.05) is 0 Å². The molecule has 3 aliphatic rings. The molecule has 0 bridgehead atoms. The van der Waals surface area contributed by atoms with E-state index in [0.717, 1.165) is 24.1 Å². The first-order chi connectivity index (χ1) is 12.4. The van der Waals surface area contributed by atoms with E-state index in [0.29, 0.717) is 25.8 Å². The van der Waals surface area contributed by atoms with Gasteiger partial charge in [-0.15, -0.1) is 0 Å². The maximum absolute atomic E-state index is 12.9. The molecule has 140 valence electrons. The summed E-state index contributed by atoms with van der Waals surface area (Å²) >= 11 is 0. The van der Waals surface area contributed by atoms with Crippen molar-refractivity contribution in [3.8, 4) is 0 Å². The molecule has 0 spiro atoms. The summed E-state index contributed by atoms with van der Waals surface area (Å²) in [5.74, 6) is -1.04. The number of piperidine rings is 1. The smallest absolute Gasteiger partial charge is 0.306 e. The Morgan fingerprint density at radius 3 is 2.31 bits per heavy atom. The second-order valence-corrected chi connectivity index (χ2v) is 9.26. The van der Waals surface area contributed by atoms with Gasteiger partial charge >= 0.3 is 5.97 Å². The van der Waals surface area contributed by atoms with Crippen molar-refractivity contribution in [1.82, 2.24) is 4.31 Å². The molecule has 0 radical (unpaired) electrons. The highest BCUT2D eigenvalue weighted by molar-refractivity contribution is 7.89. The Bertz CT molecular complexity index is 854. The van der Waals surface area contributed by atoms with Gasteiger partial charge in [0.15, 0.2) is 0 Å². The second-order valence-electron chi connectivity index (χ2n) is 7.32. The van der Waals surface area contributed by atoms with Crippen molar-refractivity contribution < 1.29 is 23.1 Å². The maximum Gasteiger partial charge on any atom is 0.306 e. The van der Waals surface area contributed by atoms with Crippen LogP contribution in [-0.4, -0.2) is 49.3 Å². The number of hydrogen-bond acceptors (Lipinski definition) is 4. The highest BCUT2D eigenvalue weighted by Gasteiger charge is 2.37. The summed E-state index contributed by atoms with van der Waals surface area (Å²) in [6.45, 7) is 1.06. The van der Waals surface area contributed by atoms with Crippen LogP contribution in [0.5, 0.6) is 0 Å². The Balaban J connectivity index is 1.53. The number of carbonyl (C=O) groups excluding carboxylic acids is 1. The van der Waals surface area contributed by atoms with Gasteiger partial charge in [0.05, 0.1) is 10.8 Å². The summed E-state index contributed by atoms with van der Waals surface area (Å²) in [5, 5.41) is 9.06. The Hall–Kier alpha value is -1.93. The molecule has 2 aliphatic heterocycles. The van der Waals surface area contributed by atoms with Crippen LogP contribution in [0.3, 0.4) is 0 Å². The Labute approximate surface area is 152 Å². The molecule has 1 aromatic carbocycles. The van der Waals surface area contributed by atoms with E-state index in [1.807, 2.05) is 0 Å². The van der Waals surface area contributed by atoms with Gasteiger partial charge in [0.2, 0.25) is 15.9 Å². The lowest BCUT2D eigenvalue weighted by Crippen LogP contribution is -2.40. The molecule has 1 aromatic rings. The van der Waals surface area contributed by atoms with Crippen molar-refractivity contribution in [2.24, 2.45) is 11.8 Å². The predicted molar refractivity (Wildman–Crippen MR) is 94.3 cm³/mol. The van der Waals surface area contributed by atoms with Gasteiger partial charge in [-0.05, 0) is 55.9 Å². The number of carbonyl (C=O) groups is 2. The normalized spacial score (nSPS) is 21.6. The third kappa shape index (κ3) is 3.01. The molecule has 1 saturated heterocycles. The maximum atomic E-state index is 12.9. The van der Waals surface area contributed by atoms with Crippen LogP contribution in [0.1, 0.15) is 31.2 Å². The SMILES string of the molecule is O=C(O)C1CCN(S(=O)(=O)c2ccc3c(c2)CCN3C(=O)C2CC2)CC1. The molecule has 1 saturated carbocycles. The second kappa shape index (κ2) is 6.35. The number of rotatable bonds is 4. The molecule has 1 N–H and O–H groups in total. The van der Waals surface area contributed by atoms with Crippen LogP contribution in [0.4, 0.5) is 5.69 Å². The Kier molecular flexibility index (Phi) is 4.27. The zero-order chi connectivity index (χ0) is 18.5. The number of fused-ring (bicyclic) bond motifs is 1. The van der Waals surface area contributed by atoms with Gasteiger partial charge < -0.3 is 10.0 Å². The first-order valence-corrected chi connectivity index (χ1v) is 10.5. The van der Waals surface area contributed by atoms with E-state index in [-0.39, 0.29) is 29.8 Å². The van der Waals surface area contributed by atoms with Crippen molar-refractivity contribution in [3.63, 3.8) is 0 Å². The van der Waals surface area contributed by atoms with Gasteiger partial charge in [-0.2, -0.15) is 4.31 Å². The van der Waals surface area contributed by atoms with Crippen molar-refractivity contribution in [2.75, 3.05) is 24.5 Å². The lowest BCUT2D eigenvalue weighted by atomic mass is 9.99. The fourth-order valence-electron chi connectivity index (χ4n) is 3.81. The number of sulfonamides is 1. The van der Waals surface area contributed by atoms with Crippen molar-refractivity contribution in [1.29, 1.82) is 0 Å². The zero-order valence-corrected chi connectivity index (χ0v) is 15.2. The largest absolute Gasteiger partial charge is 0.481 e. The third-order valence-electron chi connectivity index (χ3n) is 5.58. The monoisotopic (exact) mass is 378 g/mol. The molecule has 0 unspecified atom stereocenters. The zero-order valence-electron chi connectivity index (χ0n) is 14.4.